The summed E-state index contributed by atoms with van der Waals surface area (Å²) in [6.07, 6.45) is 8.05. The van der Waals surface area contributed by atoms with E-state index >= 15 is 0 Å². The number of primary amides is 1. The zero-order valence-corrected chi connectivity index (χ0v) is 18.6. The van der Waals surface area contributed by atoms with Crippen molar-refractivity contribution in [3.8, 4) is 5.69 Å². The molecule has 1 amide bonds. The van der Waals surface area contributed by atoms with Crippen LogP contribution in [0.2, 0.25) is 0 Å². The van der Waals surface area contributed by atoms with Crippen LogP contribution in [0.25, 0.3) is 5.69 Å². The number of para-hydroxylation sites is 1. The van der Waals surface area contributed by atoms with Crippen molar-refractivity contribution in [3.63, 3.8) is 0 Å². The van der Waals surface area contributed by atoms with Gasteiger partial charge in [-0.1, -0.05) is 18.2 Å². The Hall–Kier alpha value is -2.10. The summed E-state index contributed by atoms with van der Waals surface area (Å²) in [5, 5.41) is 3.39. The molecule has 0 bridgehead atoms. The SMILES string of the molecule is CCNC(=NCc1ccccc1-n1ccnc1)N1CCCC(CC(N)=O)C1.I. The first kappa shape index (κ1) is 22.2. The normalized spacial score (nSPS) is 17.1. The molecule has 1 atom stereocenters. The number of aromatic nitrogens is 2. The van der Waals surface area contributed by atoms with Crippen LogP contribution >= 0.6 is 24.0 Å². The van der Waals surface area contributed by atoms with Gasteiger partial charge in [-0.25, -0.2) is 9.98 Å². The van der Waals surface area contributed by atoms with E-state index in [4.69, 9.17) is 10.7 Å². The molecule has 8 heteroatoms. The van der Waals surface area contributed by atoms with Gasteiger partial charge in [-0.3, -0.25) is 4.79 Å². The van der Waals surface area contributed by atoms with Crippen LogP contribution in [0.4, 0.5) is 0 Å². The minimum atomic E-state index is -0.224. The maximum absolute atomic E-state index is 11.3. The Bertz CT molecular complexity index is 777. The number of piperidine rings is 1. The number of aliphatic imine (C=N–C) groups is 1. The van der Waals surface area contributed by atoms with E-state index in [1.54, 1.807) is 12.5 Å². The van der Waals surface area contributed by atoms with Gasteiger partial charge in [-0.2, -0.15) is 0 Å². The first-order valence-electron chi connectivity index (χ1n) is 9.55. The number of benzene rings is 1. The molecule has 1 aliphatic rings. The molecule has 1 fully saturated rings. The lowest BCUT2D eigenvalue weighted by molar-refractivity contribution is -0.119. The van der Waals surface area contributed by atoms with E-state index in [-0.39, 0.29) is 29.9 Å². The first-order chi connectivity index (χ1) is 13.2. The molecule has 28 heavy (non-hydrogen) atoms. The highest BCUT2D eigenvalue weighted by Gasteiger charge is 2.23. The Morgan fingerprint density at radius 3 is 2.93 bits per heavy atom. The Labute approximate surface area is 183 Å². The average molecular weight is 496 g/mol. The van der Waals surface area contributed by atoms with Gasteiger partial charge in [0.2, 0.25) is 5.91 Å². The monoisotopic (exact) mass is 496 g/mol. The van der Waals surface area contributed by atoms with Crippen molar-refractivity contribution < 1.29 is 4.79 Å². The van der Waals surface area contributed by atoms with Crippen molar-refractivity contribution in [2.24, 2.45) is 16.6 Å². The van der Waals surface area contributed by atoms with Crippen LogP contribution < -0.4 is 11.1 Å². The number of hydrogen-bond donors (Lipinski definition) is 2. The lowest BCUT2D eigenvalue weighted by Crippen LogP contribution is -2.47. The number of nitrogens with zero attached hydrogens (tertiary/aromatic N) is 4. The first-order valence-corrected chi connectivity index (χ1v) is 9.55. The standard InChI is InChI=1S/C20H28N6O.HI/c1-2-23-20(25-10-5-6-16(14-25)12-19(21)27)24-13-17-7-3-4-8-18(17)26-11-9-22-15-26;/h3-4,7-9,11,15-16H,2,5-6,10,12-14H2,1H3,(H2,21,27)(H,23,24);1H. The number of halogens is 1. The molecular formula is C20H29IN6O. The fraction of sp³-hybridized carbons (Fsp3) is 0.450. The molecule has 0 radical (unpaired) electrons. The van der Waals surface area contributed by atoms with Crippen molar-refractivity contribution >= 4 is 35.8 Å². The molecule has 0 aliphatic carbocycles. The van der Waals surface area contributed by atoms with Crippen molar-refractivity contribution in [2.75, 3.05) is 19.6 Å². The molecule has 1 aromatic heterocycles. The number of carbonyl (C=O) groups excluding carboxylic acids is 1. The lowest BCUT2D eigenvalue weighted by Gasteiger charge is -2.34. The predicted molar refractivity (Wildman–Crippen MR) is 122 cm³/mol. The molecule has 2 aromatic rings. The number of likely N-dealkylation sites (tertiary alicyclic amines) is 1. The Morgan fingerprint density at radius 1 is 1.39 bits per heavy atom. The van der Waals surface area contributed by atoms with Crippen LogP contribution in [-0.2, 0) is 11.3 Å². The average Bonchev–Trinajstić information content (AvgIpc) is 3.19. The second kappa shape index (κ2) is 11.0. The van der Waals surface area contributed by atoms with E-state index in [9.17, 15) is 4.79 Å². The van der Waals surface area contributed by atoms with Gasteiger partial charge in [0.05, 0.1) is 18.6 Å². The summed E-state index contributed by atoms with van der Waals surface area (Å²) in [5.74, 6) is 0.975. The summed E-state index contributed by atoms with van der Waals surface area (Å²) in [6.45, 7) is 5.22. The molecule has 0 spiro atoms. The zero-order valence-electron chi connectivity index (χ0n) is 16.3. The van der Waals surface area contributed by atoms with E-state index in [1.807, 2.05) is 22.9 Å². The van der Waals surface area contributed by atoms with Crippen molar-refractivity contribution in [1.82, 2.24) is 19.8 Å². The number of nitrogens with two attached hydrogens (primary N) is 1. The van der Waals surface area contributed by atoms with Gasteiger partial charge < -0.3 is 20.5 Å². The smallest absolute Gasteiger partial charge is 0.217 e. The van der Waals surface area contributed by atoms with Crippen molar-refractivity contribution in [2.45, 2.75) is 32.7 Å². The van der Waals surface area contributed by atoms with Crippen LogP contribution in [0.3, 0.4) is 0 Å². The number of rotatable bonds is 6. The molecule has 2 heterocycles. The van der Waals surface area contributed by atoms with Crippen LogP contribution in [-0.4, -0.2) is 46.0 Å². The van der Waals surface area contributed by atoms with Crippen LogP contribution in [0, 0.1) is 5.92 Å². The summed E-state index contributed by atoms with van der Waals surface area (Å²) in [6, 6.07) is 8.21. The molecule has 3 N–H and O–H groups in total. The third kappa shape index (κ3) is 5.95. The zero-order chi connectivity index (χ0) is 19.1. The number of hydrogen-bond acceptors (Lipinski definition) is 3. The van der Waals surface area contributed by atoms with Gasteiger partial charge in [-0.15, -0.1) is 24.0 Å². The lowest BCUT2D eigenvalue weighted by atomic mass is 9.95. The van der Waals surface area contributed by atoms with Gasteiger partial charge in [-0.05, 0) is 37.3 Å². The number of amides is 1. The van der Waals surface area contributed by atoms with Crippen molar-refractivity contribution in [1.29, 1.82) is 0 Å². The third-order valence-electron chi connectivity index (χ3n) is 4.82. The van der Waals surface area contributed by atoms with Gasteiger partial charge in [0.25, 0.3) is 0 Å². The van der Waals surface area contributed by atoms with Crippen LogP contribution in [0.15, 0.2) is 48.0 Å². The van der Waals surface area contributed by atoms with Crippen molar-refractivity contribution in [3.05, 3.63) is 48.5 Å². The molecular weight excluding hydrogens is 467 g/mol. The minimum Gasteiger partial charge on any atom is -0.370 e. The predicted octanol–water partition coefficient (Wildman–Crippen LogP) is 2.54. The molecule has 1 unspecified atom stereocenters. The van der Waals surface area contributed by atoms with E-state index < -0.39 is 0 Å². The van der Waals surface area contributed by atoms with E-state index in [0.29, 0.717) is 18.9 Å². The number of imidazole rings is 1. The second-order valence-electron chi connectivity index (χ2n) is 6.89. The maximum atomic E-state index is 11.3. The van der Waals surface area contributed by atoms with Gasteiger partial charge in [0, 0.05) is 38.4 Å². The molecule has 1 aliphatic heterocycles. The third-order valence-corrected chi connectivity index (χ3v) is 4.82. The Morgan fingerprint density at radius 2 is 2.21 bits per heavy atom. The second-order valence-corrected chi connectivity index (χ2v) is 6.89. The van der Waals surface area contributed by atoms with Gasteiger partial charge in [0.1, 0.15) is 0 Å². The molecule has 1 saturated heterocycles. The molecule has 1 aromatic carbocycles. The molecule has 152 valence electrons. The van der Waals surface area contributed by atoms with Crippen LogP contribution in [0.5, 0.6) is 0 Å². The fourth-order valence-electron chi connectivity index (χ4n) is 3.59. The van der Waals surface area contributed by atoms with Gasteiger partial charge in [0.15, 0.2) is 5.96 Å². The highest BCUT2D eigenvalue weighted by atomic mass is 127. The Balaban J connectivity index is 0.00000280. The topological polar surface area (TPSA) is 88.5 Å². The minimum absolute atomic E-state index is 0. The van der Waals surface area contributed by atoms with Gasteiger partial charge >= 0.3 is 0 Å². The quantitative estimate of drug-likeness (QED) is 0.366. The highest BCUT2D eigenvalue weighted by Crippen LogP contribution is 2.20. The molecule has 0 saturated carbocycles. The number of guanidine groups is 1. The summed E-state index contributed by atoms with van der Waals surface area (Å²) in [5.41, 5.74) is 7.61. The fourth-order valence-corrected chi connectivity index (χ4v) is 3.59. The molecule has 3 rings (SSSR count). The van der Waals surface area contributed by atoms with E-state index in [2.05, 4.69) is 34.3 Å². The number of carbonyl (C=O) groups is 1. The largest absolute Gasteiger partial charge is 0.370 e. The molecule has 7 nitrogen and oxygen atoms in total. The maximum Gasteiger partial charge on any atom is 0.217 e. The summed E-state index contributed by atoms with van der Waals surface area (Å²) in [7, 11) is 0. The summed E-state index contributed by atoms with van der Waals surface area (Å²) in [4.78, 5) is 22.5. The highest BCUT2D eigenvalue weighted by molar-refractivity contribution is 14.0. The summed E-state index contributed by atoms with van der Waals surface area (Å²) < 4.78 is 2.00. The van der Waals surface area contributed by atoms with Crippen LogP contribution in [0.1, 0.15) is 31.7 Å². The summed E-state index contributed by atoms with van der Waals surface area (Å²) >= 11 is 0. The van der Waals surface area contributed by atoms with E-state index in [1.165, 1.54) is 0 Å². The number of nitrogens with one attached hydrogen (secondary N) is 1. The Kier molecular flexibility index (Phi) is 8.75. The van der Waals surface area contributed by atoms with E-state index in [0.717, 1.165) is 49.7 Å².